The summed E-state index contributed by atoms with van der Waals surface area (Å²) >= 11 is 3.30. The number of carbonyl (C=O) groups excluding carboxylic acids is 2. The zero-order chi connectivity index (χ0) is 15.0. The van der Waals surface area contributed by atoms with Crippen molar-refractivity contribution in [2.75, 3.05) is 5.32 Å². The molecular formula is C15H11BrN2O3. The number of aromatic nitrogens is 1. The number of anilines is 1. The highest BCUT2D eigenvalue weighted by atomic mass is 79.9. The van der Waals surface area contributed by atoms with Crippen molar-refractivity contribution in [1.29, 1.82) is 0 Å². The van der Waals surface area contributed by atoms with E-state index < -0.39 is 11.5 Å². The van der Waals surface area contributed by atoms with Crippen LogP contribution in [0.3, 0.4) is 0 Å². The number of Topliss-reactive ketones (excluding diaryl/α,β-unsaturated/α-hetero) is 1. The molecule has 5 nitrogen and oxygen atoms in total. The van der Waals surface area contributed by atoms with E-state index in [2.05, 4.69) is 26.2 Å². The average Bonchev–Trinajstić information content (AvgIpc) is 2.70. The first-order valence-electron chi connectivity index (χ1n) is 6.28. The van der Waals surface area contributed by atoms with Gasteiger partial charge in [0.25, 0.3) is 5.91 Å². The molecule has 1 amide bonds. The van der Waals surface area contributed by atoms with E-state index in [0.717, 1.165) is 4.47 Å². The third-order valence-electron chi connectivity index (χ3n) is 3.47. The van der Waals surface area contributed by atoms with Crippen LogP contribution in [0.2, 0.25) is 0 Å². The number of rotatable bonds is 3. The molecule has 2 aromatic rings. The highest BCUT2D eigenvalue weighted by molar-refractivity contribution is 9.10. The van der Waals surface area contributed by atoms with Crippen molar-refractivity contribution in [1.82, 2.24) is 4.98 Å². The topological polar surface area (TPSA) is 79.3 Å². The molecule has 1 aliphatic rings. The molecule has 0 unspecified atom stereocenters. The fraction of sp³-hybridized carbons (Fsp3) is 0.133. The standard InChI is InChI=1S/C15H11BrN2O3/c16-10-1-2-11-12(7-10)18-14(20)15(11,21)8-13(19)9-3-5-17-6-4-9/h1-7,21H,8H2,(H,18,20)/t15-/m0/s1. The number of hydrogen-bond acceptors (Lipinski definition) is 4. The minimum absolute atomic E-state index is 0.308. The molecule has 1 aliphatic heterocycles. The minimum Gasteiger partial charge on any atom is -0.375 e. The Balaban J connectivity index is 1.95. The molecule has 21 heavy (non-hydrogen) atoms. The van der Waals surface area contributed by atoms with Gasteiger partial charge in [-0.2, -0.15) is 0 Å². The van der Waals surface area contributed by atoms with Gasteiger partial charge in [0.15, 0.2) is 11.4 Å². The summed E-state index contributed by atoms with van der Waals surface area (Å²) in [5, 5.41) is 13.3. The lowest BCUT2D eigenvalue weighted by Crippen LogP contribution is -2.36. The normalized spacial score (nSPS) is 20.0. The fourth-order valence-corrected chi connectivity index (χ4v) is 2.74. The number of nitrogens with one attached hydrogen (secondary N) is 1. The molecule has 0 bridgehead atoms. The molecule has 0 saturated heterocycles. The van der Waals surface area contributed by atoms with E-state index in [-0.39, 0.29) is 12.2 Å². The molecule has 1 atom stereocenters. The van der Waals surface area contributed by atoms with Crippen LogP contribution in [0.1, 0.15) is 22.3 Å². The Hall–Kier alpha value is -2.05. The van der Waals surface area contributed by atoms with Gasteiger partial charge in [-0.1, -0.05) is 22.0 Å². The van der Waals surface area contributed by atoms with E-state index in [4.69, 9.17) is 0 Å². The molecule has 0 radical (unpaired) electrons. The van der Waals surface area contributed by atoms with Crippen LogP contribution in [0, 0.1) is 0 Å². The second kappa shape index (κ2) is 5.05. The molecular weight excluding hydrogens is 336 g/mol. The van der Waals surface area contributed by atoms with Gasteiger partial charge in [0.2, 0.25) is 0 Å². The minimum atomic E-state index is -1.84. The van der Waals surface area contributed by atoms with Gasteiger partial charge in [-0.15, -0.1) is 0 Å². The van der Waals surface area contributed by atoms with Crippen molar-refractivity contribution in [3.05, 3.63) is 58.3 Å². The summed E-state index contributed by atoms with van der Waals surface area (Å²) in [6.07, 6.45) is 2.69. The number of pyridine rings is 1. The number of hydrogen-bond donors (Lipinski definition) is 2. The number of carbonyl (C=O) groups is 2. The van der Waals surface area contributed by atoms with Crippen LogP contribution in [-0.4, -0.2) is 21.8 Å². The van der Waals surface area contributed by atoms with Gasteiger partial charge in [-0.3, -0.25) is 14.6 Å². The zero-order valence-corrected chi connectivity index (χ0v) is 12.4. The average molecular weight is 347 g/mol. The van der Waals surface area contributed by atoms with Crippen LogP contribution >= 0.6 is 15.9 Å². The maximum absolute atomic E-state index is 12.3. The smallest absolute Gasteiger partial charge is 0.261 e. The summed E-state index contributed by atoms with van der Waals surface area (Å²) < 4.78 is 0.784. The summed E-state index contributed by atoms with van der Waals surface area (Å²) in [4.78, 5) is 28.2. The molecule has 0 aliphatic carbocycles. The Bertz CT molecular complexity index is 733. The molecule has 6 heteroatoms. The Morgan fingerprint density at radius 3 is 2.71 bits per heavy atom. The molecule has 0 saturated carbocycles. The van der Waals surface area contributed by atoms with Gasteiger partial charge in [-0.05, 0) is 24.3 Å². The summed E-state index contributed by atoms with van der Waals surface area (Å²) in [7, 11) is 0. The van der Waals surface area contributed by atoms with E-state index in [0.29, 0.717) is 16.8 Å². The van der Waals surface area contributed by atoms with Gasteiger partial charge in [0.05, 0.1) is 6.42 Å². The molecule has 0 fully saturated rings. The van der Waals surface area contributed by atoms with Gasteiger partial charge in [-0.25, -0.2) is 0 Å². The Labute approximate surface area is 129 Å². The van der Waals surface area contributed by atoms with Crippen molar-refractivity contribution in [2.45, 2.75) is 12.0 Å². The SMILES string of the molecule is O=C(C[C@@]1(O)C(=O)Nc2cc(Br)ccc21)c1ccncc1. The van der Waals surface area contributed by atoms with Crippen molar-refractivity contribution >= 4 is 33.3 Å². The third-order valence-corrected chi connectivity index (χ3v) is 3.96. The first kappa shape index (κ1) is 13.9. The summed E-state index contributed by atoms with van der Waals surface area (Å²) in [6, 6.07) is 8.17. The number of nitrogens with zero attached hydrogens (tertiary/aromatic N) is 1. The Morgan fingerprint density at radius 2 is 2.00 bits per heavy atom. The van der Waals surface area contributed by atoms with E-state index in [9.17, 15) is 14.7 Å². The van der Waals surface area contributed by atoms with Crippen molar-refractivity contribution in [2.24, 2.45) is 0 Å². The molecule has 1 aromatic carbocycles. The van der Waals surface area contributed by atoms with E-state index in [1.807, 2.05) is 0 Å². The zero-order valence-electron chi connectivity index (χ0n) is 10.8. The highest BCUT2D eigenvalue weighted by Crippen LogP contribution is 2.40. The molecule has 2 heterocycles. The van der Waals surface area contributed by atoms with Crippen LogP contribution in [-0.2, 0) is 10.4 Å². The fourth-order valence-electron chi connectivity index (χ4n) is 2.38. The molecule has 2 N–H and O–H groups in total. The van der Waals surface area contributed by atoms with E-state index in [1.165, 1.54) is 12.4 Å². The molecule has 0 spiro atoms. The van der Waals surface area contributed by atoms with Crippen LogP contribution in [0.25, 0.3) is 0 Å². The van der Waals surface area contributed by atoms with Crippen molar-refractivity contribution in [3.8, 4) is 0 Å². The largest absolute Gasteiger partial charge is 0.375 e. The maximum Gasteiger partial charge on any atom is 0.261 e. The Morgan fingerprint density at radius 1 is 1.29 bits per heavy atom. The highest BCUT2D eigenvalue weighted by Gasteiger charge is 2.46. The monoisotopic (exact) mass is 346 g/mol. The van der Waals surface area contributed by atoms with Crippen LogP contribution in [0.5, 0.6) is 0 Å². The van der Waals surface area contributed by atoms with Crippen LogP contribution < -0.4 is 5.32 Å². The number of fused-ring (bicyclic) bond motifs is 1. The van der Waals surface area contributed by atoms with Crippen LogP contribution in [0.4, 0.5) is 5.69 Å². The number of halogens is 1. The van der Waals surface area contributed by atoms with Crippen LogP contribution in [0.15, 0.2) is 47.2 Å². The predicted octanol–water partition coefficient (Wildman–Crippen LogP) is 2.26. The van der Waals surface area contributed by atoms with Gasteiger partial charge in [0, 0.05) is 33.7 Å². The lowest BCUT2D eigenvalue weighted by atomic mass is 9.88. The molecule has 3 rings (SSSR count). The summed E-state index contributed by atoms with van der Waals surface area (Å²) in [5.41, 5.74) is -0.495. The van der Waals surface area contributed by atoms with Gasteiger partial charge in [0.1, 0.15) is 0 Å². The summed E-state index contributed by atoms with van der Waals surface area (Å²) in [6.45, 7) is 0. The van der Waals surface area contributed by atoms with Gasteiger partial charge >= 0.3 is 0 Å². The quantitative estimate of drug-likeness (QED) is 0.835. The van der Waals surface area contributed by atoms with E-state index >= 15 is 0 Å². The van der Waals surface area contributed by atoms with Gasteiger partial charge < -0.3 is 10.4 Å². The predicted molar refractivity (Wildman–Crippen MR) is 79.9 cm³/mol. The number of benzene rings is 1. The van der Waals surface area contributed by atoms with Crippen molar-refractivity contribution in [3.63, 3.8) is 0 Å². The number of ketones is 1. The maximum atomic E-state index is 12.3. The Kier molecular flexibility index (Phi) is 3.35. The first-order valence-corrected chi connectivity index (χ1v) is 7.07. The number of amides is 1. The summed E-state index contributed by atoms with van der Waals surface area (Å²) in [5.74, 6) is -0.899. The second-order valence-corrected chi connectivity index (χ2v) is 5.76. The molecule has 1 aromatic heterocycles. The lowest BCUT2D eigenvalue weighted by molar-refractivity contribution is -0.133. The molecule has 106 valence electrons. The number of aliphatic hydroxyl groups is 1. The third kappa shape index (κ3) is 2.36. The first-order chi connectivity index (χ1) is 10.0. The second-order valence-electron chi connectivity index (χ2n) is 4.84. The van der Waals surface area contributed by atoms with E-state index in [1.54, 1.807) is 30.3 Å². The lowest BCUT2D eigenvalue weighted by Gasteiger charge is -2.20. The van der Waals surface area contributed by atoms with Crippen molar-refractivity contribution < 1.29 is 14.7 Å².